The summed E-state index contributed by atoms with van der Waals surface area (Å²) in [5.41, 5.74) is 7.07. The number of carbonyl (C=O) groups is 1. The first-order valence-electron chi connectivity index (χ1n) is 5.25. The Balaban J connectivity index is 2.11. The lowest BCUT2D eigenvalue weighted by Gasteiger charge is -2.09. The Bertz CT molecular complexity index is 358. The highest BCUT2D eigenvalue weighted by Crippen LogP contribution is 2.20. The van der Waals surface area contributed by atoms with Crippen LogP contribution in [0, 0.1) is 5.92 Å². The second-order valence-electron chi connectivity index (χ2n) is 4.23. The molecule has 0 amide bonds. The molecule has 1 fully saturated rings. The van der Waals surface area contributed by atoms with Gasteiger partial charge in [0.05, 0.1) is 0 Å². The number of nitrogens with two attached hydrogens (primary N) is 1. The molecule has 0 spiro atoms. The van der Waals surface area contributed by atoms with Crippen LogP contribution in [0.15, 0.2) is 24.3 Å². The Morgan fingerprint density at radius 2 is 2.07 bits per heavy atom. The zero-order chi connectivity index (χ0) is 10.8. The molecule has 0 aliphatic carbocycles. The summed E-state index contributed by atoms with van der Waals surface area (Å²) in [6.45, 7) is 1.90. The summed E-state index contributed by atoms with van der Waals surface area (Å²) in [4.78, 5) is 14.2. The number of Topliss-reactive ketones (excluding diaryl/α,β-unsaturated/α-hetero) is 1. The molecule has 0 radical (unpaired) electrons. The molecule has 0 aromatic heterocycles. The summed E-state index contributed by atoms with van der Waals surface area (Å²) in [6.07, 6.45) is 0.972. The zero-order valence-electron chi connectivity index (χ0n) is 8.94. The zero-order valence-corrected chi connectivity index (χ0v) is 8.94. The first-order valence-corrected chi connectivity index (χ1v) is 5.25. The van der Waals surface area contributed by atoms with Crippen molar-refractivity contribution in [3.8, 4) is 0 Å². The average molecular weight is 204 g/mol. The summed E-state index contributed by atoms with van der Waals surface area (Å²) in [7, 11) is 2.05. The average Bonchev–Trinajstić information content (AvgIpc) is 2.65. The van der Waals surface area contributed by atoms with Gasteiger partial charge in [-0.15, -0.1) is 0 Å². The number of nitrogens with zero attached hydrogens (tertiary/aromatic N) is 1. The lowest BCUT2D eigenvalue weighted by atomic mass is 9.97. The molecule has 0 saturated carbocycles. The number of benzene rings is 1. The van der Waals surface area contributed by atoms with E-state index >= 15 is 0 Å². The fourth-order valence-electron chi connectivity index (χ4n) is 2.03. The van der Waals surface area contributed by atoms with Crippen molar-refractivity contribution in [1.82, 2.24) is 4.90 Å². The minimum Gasteiger partial charge on any atom is -0.399 e. The minimum absolute atomic E-state index is 0.165. The van der Waals surface area contributed by atoms with Gasteiger partial charge in [0.25, 0.3) is 0 Å². The van der Waals surface area contributed by atoms with Gasteiger partial charge in [0, 0.05) is 23.7 Å². The third-order valence-electron chi connectivity index (χ3n) is 2.96. The van der Waals surface area contributed by atoms with Crippen molar-refractivity contribution in [1.29, 1.82) is 0 Å². The van der Waals surface area contributed by atoms with Crippen LogP contribution in [0.2, 0.25) is 0 Å². The molecule has 1 aromatic carbocycles. The molecule has 1 saturated heterocycles. The van der Waals surface area contributed by atoms with Gasteiger partial charge in [-0.1, -0.05) is 0 Å². The summed E-state index contributed by atoms with van der Waals surface area (Å²) >= 11 is 0. The molecular formula is C12H16N2O. The van der Waals surface area contributed by atoms with Crippen molar-refractivity contribution in [3.63, 3.8) is 0 Å². The Morgan fingerprint density at radius 3 is 2.60 bits per heavy atom. The van der Waals surface area contributed by atoms with E-state index in [-0.39, 0.29) is 11.7 Å². The van der Waals surface area contributed by atoms with Gasteiger partial charge < -0.3 is 10.6 Å². The summed E-state index contributed by atoms with van der Waals surface area (Å²) in [5.74, 6) is 0.415. The molecule has 80 valence electrons. The van der Waals surface area contributed by atoms with Crippen LogP contribution in [0.1, 0.15) is 16.8 Å². The van der Waals surface area contributed by atoms with E-state index in [4.69, 9.17) is 5.73 Å². The lowest BCUT2D eigenvalue weighted by Crippen LogP contribution is -2.19. The standard InChI is InChI=1S/C12H16N2O/c1-14-7-6-10(8-14)12(15)9-2-4-11(13)5-3-9/h2-5,10H,6-8,13H2,1H3. The highest BCUT2D eigenvalue weighted by Gasteiger charge is 2.26. The molecule has 1 aromatic rings. The summed E-state index contributed by atoms with van der Waals surface area (Å²) < 4.78 is 0. The fourth-order valence-corrected chi connectivity index (χ4v) is 2.03. The van der Waals surface area contributed by atoms with Crippen molar-refractivity contribution in [3.05, 3.63) is 29.8 Å². The molecule has 1 heterocycles. The Kier molecular flexibility index (Phi) is 2.73. The molecule has 2 N–H and O–H groups in total. The van der Waals surface area contributed by atoms with Crippen LogP contribution in [0.5, 0.6) is 0 Å². The number of rotatable bonds is 2. The van der Waals surface area contributed by atoms with Crippen LogP contribution in [-0.4, -0.2) is 30.8 Å². The van der Waals surface area contributed by atoms with Crippen LogP contribution in [0.3, 0.4) is 0 Å². The summed E-state index contributed by atoms with van der Waals surface area (Å²) in [5, 5.41) is 0. The smallest absolute Gasteiger partial charge is 0.167 e. The SMILES string of the molecule is CN1CCC(C(=O)c2ccc(N)cc2)C1. The molecule has 3 heteroatoms. The maximum atomic E-state index is 12.0. The lowest BCUT2D eigenvalue weighted by molar-refractivity contribution is 0.0924. The molecule has 0 bridgehead atoms. The van der Waals surface area contributed by atoms with Gasteiger partial charge in [-0.2, -0.15) is 0 Å². The van der Waals surface area contributed by atoms with E-state index in [9.17, 15) is 4.79 Å². The first kappa shape index (κ1) is 10.2. The van der Waals surface area contributed by atoms with Crippen molar-refractivity contribution in [2.75, 3.05) is 25.9 Å². The van der Waals surface area contributed by atoms with E-state index in [0.29, 0.717) is 5.69 Å². The number of ketones is 1. The van der Waals surface area contributed by atoms with Gasteiger partial charge >= 0.3 is 0 Å². The predicted octanol–water partition coefficient (Wildman–Crippen LogP) is 1.40. The maximum Gasteiger partial charge on any atom is 0.167 e. The number of carbonyl (C=O) groups excluding carboxylic acids is 1. The van der Waals surface area contributed by atoms with E-state index in [0.717, 1.165) is 25.1 Å². The fraction of sp³-hybridized carbons (Fsp3) is 0.417. The second-order valence-corrected chi connectivity index (χ2v) is 4.23. The third kappa shape index (κ3) is 2.18. The second kappa shape index (κ2) is 4.03. The number of hydrogen-bond donors (Lipinski definition) is 1. The van der Waals surface area contributed by atoms with Gasteiger partial charge in [0.15, 0.2) is 5.78 Å². The molecule has 1 aliphatic rings. The van der Waals surface area contributed by atoms with E-state index in [1.165, 1.54) is 0 Å². The van der Waals surface area contributed by atoms with E-state index in [1.54, 1.807) is 12.1 Å². The Labute approximate surface area is 89.9 Å². The van der Waals surface area contributed by atoms with E-state index in [2.05, 4.69) is 11.9 Å². The van der Waals surface area contributed by atoms with Gasteiger partial charge in [-0.05, 0) is 44.3 Å². The molecule has 2 rings (SSSR count). The van der Waals surface area contributed by atoms with Crippen LogP contribution in [-0.2, 0) is 0 Å². The van der Waals surface area contributed by atoms with Crippen molar-refractivity contribution < 1.29 is 4.79 Å². The number of anilines is 1. The Hall–Kier alpha value is -1.35. The van der Waals surface area contributed by atoms with Gasteiger partial charge in [-0.3, -0.25) is 4.79 Å². The highest BCUT2D eigenvalue weighted by atomic mass is 16.1. The van der Waals surface area contributed by atoms with Gasteiger partial charge in [0.2, 0.25) is 0 Å². The Morgan fingerprint density at radius 1 is 1.40 bits per heavy atom. The van der Waals surface area contributed by atoms with Crippen molar-refractivity contribution in [2.45, 2.75) is 6.42 Å². The normalized spacial score (nSPS) is 21.8. The number of nitrogen functional groups attached to an aromatic ring is 1. The van der Waals surface area contributed by atoms with Crippen molar-refractivity contribution >= 4 is 11.5 Å². The molecule has 3 nitrogen and oxygen atoms in total. The maximum absolute atomic E-state index is 12.0. The van der Waals surface area contributed by atoms with E-state index in [1.807, 2.05) is 12.1 Å². The first-order chi connectivity index (χ1) is 7.16. The van der Waals surface area contributed by atoms with Gasteiger partial charge in [0.1, 0.15) is 0 Å². The number of hydrogen-bond acceptors (Lipinski definition) is 3. The number of likely N-dealkylation sites (tertiary alicyclic amines) is 1. The molecule has 1 unspecified atom stereocenters. The van der Waals surface area contributed by atoms with Crippen LogP contribution in [0.4, 0.5) is 5.69 Å². The van der Waals surface area contributed by atoms with Crippen LogP contribution >= 0.6 is 0 Å². The monoisotopic (exact) mass is 204 g/mol. The molecule has 1 atom stereocenters. The molecule has 1 aliphatic heterocycles. The summed E-state index contributed by atoms with van der Waals surface area (Å²) in [6, 6.07) is 7.20. The molecular weight excluding hydrogens is 188 g/mol. The minimum atomic E-state index is 0.165. The van der Waals surface area contributed by atoms with E-state index < -0.39 is 0 Å². The predicted molar refractivity (Wildman–Crippen MR) is 60.8 cm³/mol. The highest BCUT2D eigenvalue weighted by molar-refractivity contribution is 5.98. The van der Waals surface area contributed by atoms with Crippen LogP contribution < -0.4 is 5.73 Å². The van der Waals surface area contributed by atoms with Crippen molar-refractivity contribution in [2.24, 2.45) is 5.92 Å². The topological polar surface area (TPSA) is 46.3 Å². The largest absolute Gasteiger partial charge is 0.399 e. The van der Waals surface area contributed by atoms with Gasteiger partial charge in [-0.25, -0.2) is 0 Å². The molecule has 15 heavy (non-hydrogen) atoms. The third-order valence-corrected chi connectivity index (χ3v) is 2.96. The quantitative estimate of drug-likeness (QED) is 0.585. The van der Waals surface area contributed by atoms with Crippen LogP contribution in [0.25, 0.3) is 0 Å².